The van der Waals surface area contributed by atoms with E-state index in [4.69, 9.17) is 4.74 Å². The molecule has 1 amide bonds. The first-order valence-electron chi connectivity index (χ1n) is 9.07. The Bertz CT molecular complexity index is 937. The molecule has 0 saturated heterocycles. The number of anilines is 1. The largest absolute Gasteiger partial charge is 0.490 e. The summed E-state index contributed by atoms with van der Waals surface area (Å²) in [7, 11) is 0. The van der Waals surface area contributed by atoms with Gasteiger partial charge in [0.05, 0.1) is 18.2 Å². The molecule has 1 fully saturated rings. The molecule has 2 N–H and O–H groups in total. The van der Waals surface area contributed by atoms with Crippen LogP contribution >= 0.6 is 23.1 Å². The van der Waals surface area contributed by atoms with E-state index < -0.39 is 0 Å². The maximum absolute atomic E-state index is 12.4. The van der Waals surface area contributed by atoms with Crippen LogP contribution in [0.15, 0.2) is 34.8 Å². The number of thiazole rings is 1. The van der Waals surface area contributed by atoms with Gasteiger partial charge in [0.25, 0.3) is 0 Å². The highest BCUT2D eigenvalue weighted by Crippen LogP contribution is 2.30. The number of aromatic nitrogens is 5. The Morgan fingerprint density at radius 1 is 1.36 bits per heavy atom. The summed E-state index contributed by atoms with van der Waals surface area (Å²) in [6, 6.07) is 3.73. The Morgan fingerprint density at radius 2 is 2.21 bits per heavy atom. The van der Waals surface area contributed by atoms with Crippen LogP contribution in [0, 0.1) is 6.92 Å². The first kappa shape index (κ1) is 18.9. The SMILES string of the molecule is Cc1cnc(NC(=O)Cc2cc(OC3CCCC3)cc(Sc3ncn[nH]3)n2)s1. The van der Waals surface area contributed by atoms with Crippen molar-refractivity contribution in [2.45, 2.75) is 55.3 Å². The molecule has 1 aliphatic carbocycles. The van der Waals surface area contributed by atoms with E-state index in [1.165, 1.54) is 42.3 Å². The molecule has 0 unspecified atom stereocenters. The molecule has 28 heavy (non-hydrogen) atoms. The van der Waals surface area contributed by atoms with Crippen LogP contribution in [0.25, 0.3) is 0 Å². The van der Waals surface area contributed by atoms with Crippen LogP contribution < -0.4 is 10.1 Å². The minimum atomic E-state index is -0.157. The van der Waals surface area contributed by atoms with Crippen molar-refractivity contribution < 1.29 is 9.53 Å². The van der Waals surface area contributed by atoms with Gasteiger partial charge in [-0.1, -0.05) is 0 Å². The maximum atomic E-state index is 12.4. The quantitative estimate of drug-likeness (QED) is 0.606. The van der Waals surface area contributed by atoms with Crippen molar-refractivity contribution in [2.24, 2.45) is 0 Å². The minimum absolute atomic E-state index is 0.143. The lowest BCUT2D eigenvalue weighted by atomic mass is 10.2. The van der Waals surface area contributed by atoms with Crippen molar-refractivity contribution >= 4 is 34.1 Å². The van der Waals surface area contributed by atoms with Crippen molar-refractivity contribution in [1.29, 1.82) is 0 Å². The zero-order chi connectivity index (χ0) is 19.3. The number of amides is 1. The van der Waals surface area contributed by atoms with Crippen LogP contribution in [0.2, 0.25) is 0 Å². The van der Waals surface area contributed by atoms with E-state index in [0.717, 1.165) is 23.5 Å². The highest BCUT2D eigenvalue weighted by Gasteiger charge is 2.18. The van der Waals surface area contributed by atoms with Gasteiger partial charge >= 0.3 is 0 Å². The lowest BCUT2D eigenvalue weighted by Gasteiger charge is -2.14. The summed E-state index contributed by atoms with van der Waals surface area (Å²) in [5.41, 5.74) is 0.642. The molecule has 0 bridgehead atoms. The Labute approximate surface area is 170 Å². The lowest BCUT2D eigenvalue weighted by Crippen LogP contribution is -2.16. The maximum Gasteiger partial charge on any atom is 0.232 e. The first-order valence-corrected chi connectivity index (χ1v) is 10.7. The highest BCUT2D eigenvalue weighted by molar-refractivity contribution is 7.99. The van der Waals surface area contributed by atoms with E-state index in [0.29, 0.717) is 21.0 Å². The molecule has 3 aromatic rings. The molecule has 0 aliphatic heterocycles. The third-order valence-corrected chi connectivity index (χ3v) is 5.87. The average molecular weight is 417 g/mol. The summed E-state index contributed by atoms with van der Waals surface area (Å²) in [6.07, 6.45) is 8.07. The predicted molar refractivity (Wildman–Crippen MR) is 107 cm³/mol. The summed E-state index contributed by atoms with van der Waals surface area (Å²) >= 11 is 2.80. The number of hydrogen-bond donors (Lipinski definition) is 2. The second-order valence-corrected chi connectivity index (χ2v) is 8.79. The van der Waals surface area contributed by atoms with Crippen molar-refractivity contribution in [3.05, 3.63) is 35.2 Å². The summed E-state index contributed by atoms with van der Waals surface area (Å²) in [5.74, 6) is 0.576. The fourth-order valence-electron chi connectivity index (χ4n) is 3.03. The van der Waals surface area contributed by atoms with Gasteiger partial charge in [0.1, 0.15) is 17.1 Å². The fourth-order valence-corrected chi connectivity index (χ4v) is 4.44. The van der Waals surface area contributed by atoms with Gasteiger partial charge in [-0.05, 0) is 44.4 Å². The number of nitrogens with one attached hydrogen (secondary N) is 2. The van der Waals surface area contributed by atoms with Crippen LogP contribution in [0.5, 0.6) is 5.75 Å². The molecule has 3 aromatic heterocycles. The van der Waals surface area contributed by atoms with E-state index in [2.05, 4.69) is 30.5 Å². The van der Waals surface area contributed by atoms with Gasteiger partial charge in [0.15, 0.2) is 10.3 Å². The monoisotopic (exact) mass is 416 g/mol. The van der Waals surface area contributed by atoms with Crippen LogP contribution in [-0.4, -0.2) is 37.2 Å². The Kier molecular flexibility index (Phi) is 5.87. The number of nitrogens with zero attached hydrogens (tertiary/aromatic N) is 4. The van der Waals surface area contributed by atoms with Gasteiger partial charge in [-0.15, -0.1) is 11.3 Å². The topological polar surface area (TPSA) is 106 Å². The predicted octanol–water partition coefficient (Wildman–Crippen LogP) is 3.62. The van der Waals surface area contributed by atoms with Gasteiger partial charge in [-0.25, -0.2) is 15.0 Å². The third-order valence-electron chi connectivity index (χ3n) is 4.24. The average Bonchev–Trinajstić information content (AvgIpc) is 3.39. The Balaban J connectivity index is 1.50. The number of hydrogen-bond acceptors (Lipinski definition) is 8. The van der Waals surface area contributed by atoms with Gasteiger partial charge in [-0.2, -0.15) is 5.10 Å². The Hall–Kier alpha value is -2.46. The lowest BCUT2D eigenvalue weighted by molar-refractivity contribution is -0.115. The molecule has 1 aliphatic rings. The van der Waals surface area contributed by atoms with Gasteiger partial charge in [0.2, 0.25) is 5.91 Å². The Morgan fingerprint density at radius 3 is 2.93 bits per heavy atom. The van der Waals surface area contributed by atoms with Crippen molar-refractivity contribution in [3.63, 3.8) is 0 Å². The first-order chi connectivity index (χ1) is 13.6. The van der Waals surface area contributed by atoms with E-state index in [9.17, 15) is 4.79 Å². The highest BCUT2D eigenvalue weighted by atomic mass is 32.2. The number of carbonyl (C=O) groups is 1. The van der Waals surface area contributed by atoms with Gasteiger partial charge in [0, 0.05) is 23.2 Å². The molecular weight excluding hydrogens is 396 g/mol. The second kappa shape index (κ2) is 8.70. The summed E-state index contributed by atoms with van der Waals surface area (Å²) in [4.78, 5) is 26.3. The van der Waals surface area contributed by atoms with Crippen molar-refractivity contribution in [1.82, 2.24) is 25.1 Å². The number of carbonyl (C=O) groups excluding carboxylic acids is 1. The van der Waals surface area contributed by atoms with Crippen LogP contribution in [0.4, 0.5) is 5.13 Å². The summed E-state index contributed by atoms with van der Waals surface area (Å²) < 4.78 is 6.14. The van der Waals surface area contributed by atoms with E-state index in [1.54, 1.807) is 6.20 Å². The van der Waals surface area contributed by atoms with Crippen molar-refractivity contribution in [3.8, 4) is 5.75 Å². The van der Waals surface area contributed by atoms with E-state index >= 15 is 0 Å². The minimum Gasteiger partial charge on any atom is -0.490 e. The zero-order valence-electron chi connectivity index (χ0n) is 15.3. The number of aromatic amines is 1. The number of rotatable bonds is 7. The van der Waals surface area contributed by atoms with Crippen molar-refractivity contribution in [2.75, 3.05) is 5.32 Å². The molecule has 146 valence electrons. The van der Waals surface area contributed by atoms with Crippen LogP contribution in [0.3, 0.4) is 0 Å². The number of aryl methyl sites for hydroxylation is 1. The molecule has 0 radical (unpaired) electrons. The van der Waals surface area contributed by atoms with E-state index in [-0.39, 0.29) is 18.4 Å². The third kappa shape index (κ3) is 5.08. The number of pyridine rings is 1. The van der Waals surface area contributed by atoms with Crippen LogP contribution in [-0.2, 0) is 11.2 Å². The molecule has 0 spiro atoms. The van der Waals surface area contributed by atoms with Gasteiger partial charge in [-0.3, -0.25) is 9.89 Å². The standard InChI is InChI=1S/C18H20N6O2S2/c1-11-9-19-17(27-11)23-15(25)7-12-6-14(26-13-4-2-3-5-13)8-16(22-12)28-18-20-10-21-24-18/h6,8-10,13H,2-5,7H2,1H3,(H,19,23,25)(H,20,21,24). The molecule has 4 rings (SSSR count). The molecule has 1 saturated carbocycles. The number of ether oxygens (including phenoxy) is 1. The normalized spacial score (nSPS) is 14.3. The van der Waals surface area contributed by atoms with E-state index in [1.807, 2.05) is 19.1 Å². The molecule has 10 heteroatoms. The molecular formula is C18H20N6O2S2. The summed E-state index contributed by atoms with van der Waals surface area (Å²) in [6.45, 7) is 1.95. The van der Waals surface area contributed by atoms with Gasteiger partial charge < -0.3 is 10.1 Å². The zero-order valence-corrected chi connectivity index (χ0v) is 17.0. The smallest absolute Gasteiger partial charge is 0.232 e. The van der Waals surface area contributed by atoms with Crippen LogP contribution in [0.1, 0.15) is 36.3 Å². The summed E-state index contributed by atoms with van der Waals surface area (Å²) in [5, 5.41) is 11.4. The number of H-pyrrole nitrogens is 1. The molecule has 0 atom stereocenters. The molecule has 3 heterocycles. The molecule has 8 nitrogen and oxygen atoms in total. The molecule has 0 aromatic carbocycles. The second-order valence-electron chi connectivity index (χ2n) is 6.55. The fraction of sp³-hybridized carbons (Fsp3) is 0.389.